The van der Waals surface area contributed by atoms with Crippen LogP contribution in [0.25, 0.3) is 0 Å². The number of hydrogen-bond donors (Lipinski definition) is 1. The second kappa shape index (κ2) is 14.9. The van der Waals surface area contributed by atoms with Crippen LogP contribution in [0.3, 0.4) is 0 Å². The van der Waals surface area contributed by atoms with Crippen molar-refractivity contribution in [3.05, 3.63) is 28.7 Å². The van der Waals surface area contributed by atoms with E-state index in [1.54, 1.807) is 24.3 Å². The Labute approximate surface area is 205 Å². The zero-order valence-electron chi connectivity index (χ0n) is 19.3. The van der Waals surface area contributed by atoms with Gasteiger partial charge in [-0.05, 0) is 24.3 Å². The summed E-state index contributed by atoms with van der Waals surface area (Å²) in [6, 6.07) is 6.84. The molecular weight excluding hydrogens is 518 g/mol. The number of amides is 1. The third-order valence-electron chi connectivity index (χ3n) is 4.06. The van der Waals surface area contributed by atoms with E-state index in [1.165, 1.54) is 6.92 Å². The molecule has 0 spiro atoms. The van der Waals surface area contributed by atoms with Gasteiger partial charge in [0, 0.05) is 38.6 Å². The minimum atomic E-state index is -1.28. The average Bonchev–Trinajstić information content (AvgIpc) is 2.73. The van der Waals surface area contributed by atoms with Crippen molar-refractivity contribution in [2.24, 2.45) is 0 Å². The third kappa shape index (κ3) is 12.2. The molecule has 188 valence electrons. The summed E-state index contributed by atoms with van der Waals surface area (Å²) >= 11 is 3.30. The Morgan fingerprint density at radius 2 is 1.38 bits per heavy atom. The Morgan fingerprint density at radius 1 is 0.824 bits per heavy atom. The van der Waals surface area contributed by atoms with E-state index < -0.39 is 48.1 Å². The van der Waals surface area contributed by atoms with Gasteiger partial charge in [-0.3, -0.25) is 24.0 Å². The molecule has 1 rings (SSSR count). The molecule has 0 aliphatic carbocycles. The molecule has 0 fully saturated rings. The van der Waals surface area contributed by atoms with E-state index in [9.17, 15) is 24.0 Å². The van der Waals surface area contributed by atoms with Crippen LogP contribution in [-0.4, -0.2) is 67.9 Å². The standard InChI is InChI=1S/C22H28BrNO10/c1-13(25)30-10-9-19(32-14(2)26)22(34-16(4)28)20(33-15(3)27)11-24-21(29)12-31-18-7-5-17(23)6-8-18/h5-8,19-20,22H,9-12H2,1-4H3,(H,24,29). The minimum absolute atomic E-state index is 0.0461. The summed E-state index contributed by atoms with van der Waals surface area (Å²) in [5, 5.41) is 2.54. The summed E-state index contributed by atoms with van der Waals surface area (Å²) in [5.74, 6) is -2.78. The highest BCUT2D eigenvalue weighted by Gasteiger charge is 2.37. The summed E-state index contributed by atoms with van der Waals surface area (Å²) in [7, 11) is 0. The molecule has 0 aliphatic heterocycles. The molecule has 0 bridgehead atoms. The van der Waals surface area contributed by atoms with Crippen molar-refractivity contribution >= 4 is 45.7 Å². The average molecular weight is 546 g/mol. The molecule has 0 heterocycles. The Bertz CT molecular complexity index is 858. The SMILES string of the molecule is CC(=O)OCCC(OC(C)=O)C(OC(C)=O)C(CNC(=O)COc1ccc(Br)cc1)OC(C)=O. The molecule has 11 nitrogen and oxygen atoms in total. The van der Waals surface area contributed by atoms with Gasteiger partial charge >= 0.3 is 23.9 Å². The number of hydrogen-bond acceptors (Lipinski definition) is 10. The Balaban J connectivity index is 2.93. The number of carbonyl (C=O) groups is 5. The normalized spacial score (nSPS) is 13.0. The quantitative estimate of drug-likeness (QED) is 0.287. The van der Waals surface area contributed by atoms with Gasteiger partial charge in [0.15, 0.2) is 18.8 Å². The van der Waals surface area contributed by atoms with E-state index in [-0.39, 0.29) is 26.2 Å². The van der Waals surface area contributed by atoms with Crippen LogP contribution in [-0.2, 0) is 42.9 Å². The zero-order valence-corrected chi connectivity index (χ0v) is 20.9. The Kier molecular flexibility index (Phi) is 12.6. The van der Waals surface area contributed by atoms with Crippen molar-refractivity contribution < 1.29 is 47.7 Å². The van der Waals surface area contributed by atoms with E-state index in [4.69, 9.17) is 23.7 Å². The summed E-state index contributed by atoms with van der Waals surface area (Å²) in [6.45, 7) is 3.86. The Hall–Kier alpha value is -3.15. The van der Waals surface area contributed by atoms with Crippen LogP contribution >= 0.6 is 15.9 Å². The van der Waals surface area contributed by atoms with Crippen LogP contribution < -0.4 is 10.1 Å². The molecule has 1 aromatic rings. The van der Waals surface area contributed by atoms with Gasteiger partial charge in [0.2, 0.25) is 0 Å². The first-order valence-corrected chi connectivity index (χ1v) is 11.1. The van der Waals surface area contributed by atoms with Gasteiger partial charge in [-0.2, -0.15) is 0 Å². The van der Waals surface area contributed by atoms with Crippen molar-refractivity contribution in [2.45, 2.75) is 52.4 Å². The summed E-state index contributed by atoms with van der Waals surface area (Å²) in [5.41, 5.74) is 0. The molecule has 0 saturated carbocycles. The third-order valence-corrected chi connectivity index (χ3v) is 4.59. The van der Waals surface area contributed by atoms with Crippen molar-refractivity contribution in [1.82, 2.24) is 5.32 Å². The number of rotatable bonds is 13. The number of halogens is 1. The van der Waals surface area contributed by atoms with Crippen LogP contribution in [0.1, 0.15) is 34.1 Å². The number of esters is 4. The van der Waals surface area contributed by atoms with Crippen molar-refractivity contribution in [3.8, 4) is 5.75 Å². The summed E-state index contributed by atoms with van der Waals surface area (Å²) < 4.78 is 26.9. The molecule has 3 unspecified atom stereocenters. The minimum Gasteiger partial charge on any atom is -0.484 e. The topological polar surface area (TPSA) is 144 Å². The molecule has 1 aromatic carbocycles. The molecule has 34 heavy (non-hydrogen) atoms. The van der Waals surface area contributed by atoms with Crippen LogP contribution in [0, 0.1) is 0 Å². The zero-order chi connectivity index (χ0) is 25.7. The van der Waals surface area contributed by atoms with Crippen LogP contribution in [0.5, 0.6) is 5.75 Å². The second-order valence-electron chi connectivity index (χ2n) is 7.05. The van der Waals surface area contributed by atoms with Gasteiger partial charge in [-0.15, -0.1) is 0 Å². The van der Waals surface area contributed by atoms with Crippen LogP contribution in [0.2, 0.25) is 0 Å². The van der Waals surface area contributed by atoms with Gasteiger partial charge in [0.1, 0.15) is 11.9 Å². The van der Waals surface area contributed by atoms with Gasteiger partial charge in [0.05, 0.1) is 13.2 Å². The molecule has 0 aromatic heterocycles. The summed E-state index contributed by atoms with van der Waals surface area (Å²) in [4.78, 5) is 58.4. The first kappa shape index (κ1) is 28.9. The highest BCUT2D eigenvalue weighted by Crippen LogP contribution is 2.18. The molecular formula is C22H28BrNO10. The van der Waals surface area contributed by atoms with Gasteiger partial charge in [-0.25, -0.2) is 0 Å². The predicted molar refractivity (Wildman–Crippen MR) is 121 cm³/mol. The second-order valence-corrected chi connectivity index (χ2v) is 7.96. The number of benzene rings is 1. The van der Waals surface area contributed by atoms with E-state index in [1.807, 2.05) is 0 Å². The van der Waals surface area contributed by atoms with Crippen molar-refractivity contribution in [3.63, 3.8) is 0 Å². The largest absolute Gasteiger partial charge is 0.484 e. The predicted octanol–water partition coefficient (Wildman–Crippen LogP) is 1.69. The lowest BCUT2D eigenvalue weighted by Crippen LogP contribution is -2.50. The Morgan fingerprint density at radius 3 is 1.91 bits per heavy atom. The van der Waals surface area contributed by atoms with Gasteiger partial charge < -0.3 is 29.0 Å². The molecule has 12 heteroatoms. The maximum Gasteiger partial charge on any atom is 0.303 e. The van der Waals surface area contributed by atoms with Crippen LogP contribution in [0.15, 0.2) is 28.7 Å². The van der Waals surface area contributed by atoms with Crippen LogP contribution in [0.4, 0.5) is 0 Å². The van der Waals surface area contributed by atoms with E-state index >= 15 is 0 Å². The fraction of sp³-hybridized carbons (Fsp3) is 0.500. The maximum atomic E-state index is 12.3. The molecule has 3 atom stereocenters. The highest BCUT2D eigenvalue weighted by atomic mass is 79.9. The lowest BCUT2D eigenvalue weighted by molar-refractivity contribution is -0.184. The number of ether oxygens (including phenoxy) is 5. The first-order chi connectivity index (χ1) is 16.0. The summed E-state index contributed by atoms with van der Waals surface area (Å²) in [6.07, 6.45) is -3.66. The van der Waals surface area contributed by atoms with E-state index in [0.717, 1.165) is 25.2 Å². The fourth-order valence-electron chi connectivity index (χ4n) is 2.79. The first-order valence-electron chi connectivity index (χ1n) is 10.3. The highest BCUT2D eigenvalue weighted by molar-refractivity contribution is 9.10. The van der Waals surface area contributed by atoms with Gasteiger partial charge in [0.25, 0.3) is 5.91 Å². The molecule has 1 N–H and O–H groups in total. The lowest BCUT2D eigenvalue weighted by atomic mass is 10.0. The van der Waals surface area contributed by atoms with Crippen molar-refractivity contribution in [1.29, 1.82) is 0 Å². The van der Waals surface area contributed by atoms with Gasteiger partial charge in [-0.1, -0.05) is 15.9 Å². The number of carbonyl (C=O) groups excluding carboxylic acids is 5. The molecule has 0 aliphatic rings. The monoisotopic (exact) mass is 545 g/mol. The van der Waals surface area contributed by atoms with Crippen molar-refractivity contribution in [2.75, 3.05) is 19.8 Å². The smallest absolute Gasteiger partial charge is 0.303 e. The lowest BCUT2D eigenvalue weighted by Gasteiger charge is -2.32. The molecule has 1 amide bonds. The maximum absolute atomic E-state index is 12.3. The van der Waals surface area contributed by atoms with E-state index in [0.29, 0.717) is 5.75 Å². The fourth-order valence-corrected chi connectivity index (χ4v) is 3.05. The van der Waals surface area contributed by atoms with E-state index in [2.05, 4.69) is 21.2 Å². The molecule has 0 radical (unpaired) electrons. The number of nitrogens with one attached hydrogen (secondary N) is 1. The molecule has 0 saturated heterocycles.